The summed E-state index contributed by atoms with van der Waals surface area (Å²) < 4.78 is 13.6. The van der Waals surface area contributed by atoms with E-state index in [9.17, 15) is 4.39 Å². The minimum absolute atomic E-state index is 0.288. The fourth-order valence-corrected chi connectivity index (χ4v) is 2.06. The van der Waals surface area contributed by atoms with E-state index in [2.05, 4.69) is 26.6 Å². The van der Waals surface area contributed by atoms with Gasteiger partial charge < -0.3 is 10.6 Å². The van der Waals surface area contributed by atoms with Crippen molar-refractivity contribution in [1.82, 2.24) is 0 Å². The number of rotatable bonds is 2. The van der Waals surface area contributed by atoms with E-state index in [1.165, 1.54) is 12.1 Å². The Morgan fingerprint density at radius 3 is 2.26 bits per heavy atom. The molecule has 2 rings (SSSR count). The van der Waals surface area contributed by atoms with Crippen LogP contribution in [0.2, 0.25) is 5.02 Å². The van der Waals surface area contributed by atoms with Crippen molar-refractivity contribution in [2.24, 2.45) is 0 Å². The Morgan fingerprint density at radius 1 is 1.05 bits per heavy atom. The number of halogens is 3. The number of anilines is 2. The highest BCUT2D eigenvalue weighted by molar-refractivity contribution is 9.10. The summed E-state index contributed by atoms with van der Waals surface area (Å²) in [5.74, 6) is -0.288. The fraction of sp³-hybridized carbons (Fsp3) is 0. The van der Waals surface area contributed by atoms with Crippen molar-refractivity contribution in [2.75, 3.05) is 10.6 Å². The summed E-state index contributed by atoms with van der Waals surface area (Å²) in [7, 11) is 0. The minimum Gasteiger partial charge on any atom is -0.332 e. The summed E-state index contributed by atoms with van der Waals surface area (Å²) in [5.41, 5.74) is 1.48. The number of hydrogen-bond donors (Lipinski definition) is 2. The average molecular weight is 360 g/mol. The molecule has 0 heterocycles. The minimum atomic E-state index is -0.288. The second-order valence-electron chi connectivity index (χ2n) is 3.71. The molecule has 0 aliphatic rings. The lowest BCUT2D eigenvalue weighted by molar-refractivity contribution is 0.628. The fourth-order valence-electron chi connectivity index (χ4n) is 1.40. The van der Waals surface area contributed by atoms with Gasteiger partial charge in [0.05, 0.1) is 5.02 Å². The van der Waals surface area contributed by atoms with E-state index in [1.54, 1.807) is 18.2 Å². The van der Waals surface area contributed by atoms with E-state index in [0.717, 1.165) is 10.2 Å². The van der Waals surface area contributed by atoms with E-state index < -0.39 is 0 Å². The zero-order chi connectivity index (χ0) is 13.8. The maximum absolute atomic E-state index is 12.8. The van der Waals surface area contributed by atoms with Crippen molar-refractivity contribution in [3.05, 3.63) is 57.8 Å². The second kappa shape index (κ2) is 6.32. The largest absolute Gasteiger partial charge is 0.332 e. The van der Waals surface area contributed by atoms with Crippen LogP contribution in [0, 0.1) is 5.82 Å². The predicted octanol–water partition coefficient (Wildman–Crippen LogP) is 5.05. The molecule has 0 aliphatic carbocycles. The predicted molar refractivity (Wildman–Crippen MR) is 85.4 cm³/mol. The molecule has 2 nitrogen and oxygen atoms in total. The summed E-state index contributed by atoms with van der Waals surface area (Å²) in [6.07, 6.45) is 0. The first-order valence-electron chi connectivity index (χ1n) is 5.33. The molecule has 0 unspecified atom stereocenters. The van der Waals surface area contributed by atoms with Crippen molar-refractivity contribution in [1.29, 1.82) is 0 Å². The maximum Gasteiger partial charge on any atom is 0.175 e. The van der Waals surface area contributed by atoms with Gasteiger partial charge in [0, 0.05) is 15.8 Å². The van der Waals surface area contributed by atoms with Crippen LogP contribution in [-0.4, -0.2) is 5.11 Å². The Labute approximate surface area is 129 Å². The zero-order valence-corrected chi connectivity index (χ0v) is 12.7. The van der Waals surface area contributed by atoms with Gasteiger partial charge in [-0.05, 0) is 70.6 Å². The van der Waals surface area contributed by atoms with Gasteiger partial charge in [-0.15, -0.1) is 0 Å². The molecule has 98 valence electrons. The molecule has 0 bridgehead atoms. The number of thiocarbonyl (C=S) groups is 1. The number of nitrogens with one attached hydrogen (secondary N) is 2. The topological polar surface area (TPSA) is 24.1 Å². The highest BCUT2D eigenvalue weighted by Crippen LogP contribution is 2.25. The summed E-state index contributed by atoms with van der Waals surface area (Å²) in [5, 5.41) is 6.94. The van der Waals surface area contributed by atoms with Gasteiger partial charge in [0.1, 0.15) is 5.82 Å². The molecule has 19 heavy (non-hydrogen) atoms. The van der Waals surface area contributed by atoms with Crippen LogP contribution in [0.3, 0.4) is 0 Å². The molecule has 2 aromatic carbocycles. The van der Waals surface area contributed by atoms with Gasteiger partial charge in [0.2, 0.25) is 0 Å². The Bertz CT molecular complexity index is 604. The van der Waals surface area contributed by atoms with Gasteiger partial charge in [-0.2, -0.15) is 0 Å². The molecule has 2 aromatic rings. The van der Waals surface area contributed by atoms with Crippen molar-refractivity contribution in [3.63, 3.8) is 0 Å². The Kier molecular flexibility index (Phi) is 4.74. The third kappa shape index (κ3) is 4.16. The lowest BCUT2D eigenvalue weighted by Gasteiger charge is -2.11. The van der Waals surface area contributed by atoms with Crippen molar-refractivity contribution in [2.45, 2.75) is 0 Å². The smallest absolute Gasteiger partial charge is 0.175 e. The van der Waals surface area contributed by atoms with E-state index in [0.29, 0.717) is 15.8 Å². The summed E-state index contributed by atoms with van der Waals surface area (Å²) in [4.78, 5) is 0. The van der Waals surface area contributed by atoms with Crippen LogP contribution < -0.4 is 10.6 Å². The Balaban J connectivity index is 2.01. The monoisotopic (exact) mass is 358 g/mol. The maximum atomic E-state index is 12.8. The third-order valence-electron chi connectivity index (χ3n) is 2.28. The standard InChI is InChI=1S/C13H9BrClFN2S/c14-11-6-5-10(7-12(11)15)18-13(19)17-9-3-1-8(16)2-4-9/h1-7H,(H2,17,18,19). The second-order valence-corrected chi connectivity index (χ2v) is 5.38. The van der Waals surface area contributed by atoms with Crippen LogP contribution in [0.15, 0.2) is 46.9 Å². The molecule has 0 saturated heterocycles. The highest BCUT2D eigenvalue weighted by Gasteiger charge is 2.02. The number of benzene rings is 2. The van der Waals surface area contributed by atoms with Crippen LogP contribution in [0.4, 0.5) is 15.8 Å². The van der Waals surface area contributed by atoms with Crippen molar-refractivity contribution < 1.29 is 4.39 Å². The van der Waals surface area contributed by atoms with Gasteiger partial charge in [-0.1, -0.05) is 11.6 Å². The normalized spacial score (nSPS) is 10.1. The van der Waals surface area contributed by atoms with Gasteiger partial charge in [0.25, 0.3) is 0 Å². The van der Waals surface area contributed by atoms with Gasteiger partial charge in [-0.25, -0.2) is 4.39 Å². The Morgan fingerprint density at radius 2 is 1.63 bits per heavy atom. The third-order valence-corrected chi connectivity index (χ3v) is 3.72. The van der Waals surface area contributed by atoms with Crippen LogP contribution in [0.1, 0.15) is 0 Å². The molecule has 0 spiro atoms. The molecule has 0 saturated carbocycles. The van der Waals surface area contributed by atoms with E-state index in [1.807, 2.05) is 12.1 Å². The molecule has 2 N–H and O–H groups in total. The first-order valence-corrected chi connectivity index (χ1v) is 6.91. The van der Waals surface area contributed by atoms with E-state index in [-0.39, 0.29) is 5.82 Å². The molecular weight excluding hydrogens is 351 g/mol. The summed E-state index contributed by atoms with van der Waals surface area (Å²) in [6, 6.07) is 11.4. The molecule has 0 aromatic heterocycles. The highest BCUT2D eigenvalue weighted by atomic mass is 79.9. The van der Waals surface area contributed by atoms with Crippen molar-refractivity contribution >= 4 is 56.2 Å². The summed E-state index contributed by atoms with van der Waals surface area (Å²) in [6.45, 7) is 0. The van der Waals surface area contributed by atoms with Crippen LogP contribution in [-0.2, 0) is 0 Å². The summed E-state index contributed by atoms with van der Waals surface area (Å²) >= 11 is 14.5. The number of hydrogen-bond acceptors (Lipinski definition) is 1. The molecule has 0 radical (unpaired) electrons. The van der Waals surface area contributed by atoms with Crippen LogP contribution in [0.25, 0.3) is 0 Å². The van der Waals surface area contributed by atoms with E-state index >= 15 is 0 Å². The van der Waals surface area contributed by atoms with Crippen LogP contribution in [0.5, 0.6) is 0 Å². The lowest BCUT2D eigenvalue weighted by atomic mass is 10.3. The molecule has 0 fully saturated rings. The zero-order valence-electron chi connectivity index (χ0n) is 9.58. The van der Waals surface area contributed by atoms with Gasteiger partial charge >= 0.3 is 0 Å². The SMILES string of the molecule is Fc1ccc(NC(=S)Nc2ccc(Br)c(Cl)c2)cc1. The van der Waals surface area contributed by atoms with Gasteiger partial charge in [-0.3, -0.25) is 0 Å². The molecular formula is C13H9BrClFN2S. The average Bonchev–Trinajstić information content (AvgIpc) is 2.37. The van der Waals surface area contributed by atoms with Crippen molar-refractivity contribution in [3.8, 4) is 0 Å². The van der Waals surface area contributed by atoms with Crippen LogP contribution >= 0.6 is 39.7 Å². The quantitative estimate of drug-likeness (QED) is 0.734. The Hall–Kier alpha value is -1.17. The molecule has 0 atom stereocenters. The first-order chi connectivity index (χ1) is 9.04. The first kappa shape index (κ1) is 14.2. The molecule has 0 aliphatic heterocycles. The lowest BCUT2D eigenvalue weighted by Crippen LogP contribution is -2.18. The van der Waals surface area contributed by atoms with Gasteiger partial charge in [0.15, 0.2) is 5.11 Å². The molecule has 6 heteroatoms. The van der Waals surface area contributed by atoms with E-state index in [4.69, 9.17) is 23.8 Å². The molecule has 0 amide bonds.